The van der Waals surface area contributed by atoms with Gasteiger partial charge in [-0.3, -0.25) is 0 Å². The topological polar surface area (TPSA) is 89.1 Å². The molecule has 2 rings (SSSR count). The Morgan fingerprint density at radius 3 is 2.65 bits per heavy atom. The molecule has 1 aromatic carbocycles. The largest absolute Gasteiger partial charge is 0.477 e. The lowest BCUT2D eigenvalue weighted by molar-refractivity contribution is 0.0690. The molecule has 0 spiro atoms. The summed E-state index contributed by atoms with van der Waals surface area (Å²) in [7, 11) is 0. The van der Waals surface area contributed by atoms with E-state index in [2.05, 4.69) is 9.97 Å². The molecule has 1 aromatic heterocycles. The molecule has 0 aliphatic carbocycles. The van der Waals surface area contributed by atoms with E-state index in [0.717, 1.165) is 11.1 Å². The Labute approximate surface area is 98.0 Å². The van der Waals surface area contributed by atoms with Gasteiger partial charge >= 0.3 is 5.97 Å². The fraction of sp³-hybridized carbons (Fsp3) is 0.0833. The van der Waals surface area contributed by atoms with Crippen molar-refractivity contribution in [3.63, 3.8) is 0 Å². The van der Waals surface area contributed by atoms with Crippen molar-refractivity contribution in [2.24, 2.45) is 0 Å². The van der Waals surface area contributed by atoms with Gasteiger partial charge in [0, 0.05) is 5.56 Å². The number of benzene rings is 1. The summed E-state index contributed by atoms with van der Waals surface area (Å²) in [5.74, 6) is -1.16. The molecule has 5 heteroatoms. The van der Waals surface area contributed by atoms with E-state index in [1.54, 1.807) is 0 Å². The van der Waals surface area contributed by atoms with Gasteiger partial charge in [-0.25, -0.2) is 14.8 Å². The number of aryl methyl sites for hydroxylation is 1. The molecule has 0 saturated carbocycles. The van der Waals surface area contributed by atoms with E-state index in [-0.39, 0.29) is 11.6 Å². The molecule has 3 N–H and O–H groups in total. The minimum Gasteiger partial charge on any atom is -0.477 e. The number of carbonyl (C=O) groups is 1. The highest BCUT2D eigenvalue weighted by atomic mass is 16.4. The molecule has 0 aliphatic heterocycles. The Balaban J connectivity index is 2.60. The third-order valence-electron chi connectivity index (χ3n) is 2.38. The summed E-state index contributed by atoms with van der Waals surface area (Å²) < 4.78 is 0. The van der Waals surface area contributed by atoms with Crippen LogP contribution in [-0.2, 0) is 0 Å². The van der Waals surface area contributed by atoms with Gasteiger partial charge < -0.3 is 10.8 Å². The fourth-order valence-corrected chi connectivity index (χ4v) is 1.57. The first-order valence-corrected chi connectivity index (χ1v) is 5.02. The van der Waals surface area contributed by atoms with Crippen LogP contribution in [0.2, 0.25) is 0 Å². The van der Waals surface area contributed by atoms with Crippen molar-refractivity contribution >= 4 is 11.9 Å². The van der Waals surface area contributed by atoms with Crippen molar-refractivity contribution in [1.82, 2.24) is 9.97 Å². The molecule has 0 fully saturated rings. The molecule has 0 radical (unpaired) electrons. The second kappa shape index (κ2) is 4.21. The van der Waals surface area contributed by atoms with Crippen LogP contribution in [0.5, 0.6) is 0 Å². The van der Waals surface area contributed by atoms with Crippen molar-refractivity contribution in [2.75, 3.05) is 5.73 Å². The van der Waals surface area contributed by atoms with Crippen molar-refractivity contribution < 1.29 is 9.90 Å². The number of nitrogens with zero attached hydrogens (tertiary/aromatic N) is 2. The first-order chi connectivity index (χ1) is 8.08. The summed E-state index contributed by atoms with van der Waals surface area (Å²) in [6.45, 7) is 1.92. The summed E-state index contributed by atoms with van der Waals surface area (Å²) in [5.41, 5.74) is 7.77. The van der Waals surface area contributed by atoms with E-state index >= 15 is 0 Å². The van der Waals surface area contributed by atoms with Gasteiger partial charge in [-0.15, -0.1) is 0 Å². The van der Waals surface area contributed by atoms with Crippen LogP contribution in [0, 0.1) is 6.92 Å². The van der Waals surface area contributed by atoms with Crippen molar-refractivity contribution in [1.29, 1.82) is 0 Å². The van der Waals surface area contributed by atoms with Crippen LogP contribution >= 0.6 is 0 Å². The normalized spacial score (nSPS) is 10.2. The van der Waals surface area contributed by atoms with E-state index in [4.69, 9.17) is 10.8 Å². The molecule has 17 heavy (non-hydrogen) atoms. The molecule has 0 amide bonds. The van der Waals surface area contributed by atoms with Crippen LogP contribution in [0.3, 0.4) is 0 Å². The number of hydrogen-bond acceptors (Lipinski definition) is 4. The molecular weight excluding hydrogens is 218 g/mol. The van der Waals surface area contributed by atoms with Crippen LogP contribution in [-0.4, -0.2) is 21.0 Å². The number of carboxylic acids is 1. The molecule has 86 valence electrons. The highest BCUT2D eigenvalue weighted by Gasteiger charge is 2.11. The van der Waals surface area contributed by atoms with Gasteiger partial charge in [0.05, 0.1) is 5.69 Å². The van der Waals surface area contributed by atoms with E-state index in [1.807, 2.05) is 31.2 Å². The van der Waals surface area contributed by atoms with Gasteiger partial charge in [0.25, 0.3) is 0 Å². The zero-order valence-electron chi connectivity index (χ0n) is 9.21. The van der Waals surface area contributed by atoms with Crippen molar-refractivity contribution in [3.8, 4) is 11.3 Å². The summed E-state index contributed by atoms with van der Waals surface area (Å²) in [4.78, 5) is 18.6. The first kappa shape index (κ1) is 11.1. The molecule has 5 nitrogen and oxygen atoms in total. The van der Waals surface area contributed by atoms with E-state index in [9.17, 15) is 4.79 Å². The Bertz CT molecular complexity index is 582. The molecule has 0 bridgehead atoms. The number of anilines is 1. The highest BCUT2D eigenvalue weighted by molar-refractivity contribution is 5.87. The Morgan fingerprint density at radius 2 is 2.00 bits per heavy atom. The van der Waals surface area contributed by atoms with Crippen LogP contribution in [0.4, 0.5) is 5.95 Å². The molecule has 1 heterocycles. The van der Waals surface area contributed by atoms with Gasteiger partial charge in [-0.1, -0.05) is 24.3 Å². The van der Waals surface area contributed by atoms with Gasteiger partial charge in [0.1, 0.15) is 0 Å². The molecule has 2 aromatic rings. The lowest BCUT2D eigenvalue weighted by atomic mass is 10.1. The minimum atomic E-state index is -1.12. The SMILES string of the molecule is Cc1ccccc1-c1cc(C(=O)O)nc(N)n1. The maximum absolute atomic E-state index is 10.9. The Hall–Kier alpha value is -2.43. The van der Waals surface area contributed by atoms with E-state index < -0.39 is 5.97 Å². The number of carboxylic acid groups (broad SMARTS) is 1. The van der Waals surface area contributed by atoms with Crippen LogP contribution < -0.4 is 5.73 Å². The van der Waals surface area contributed by atoms with E-state index in [0.29, 0.717) is 5.69 Å². The third kappa shape index (κ3) is 2.23. The third-order valence-corrected chi connectivity index (χ3v) is 2.38. The first-order valence-electron chi connectivity index (χ1n) is 5.02. The van der Waals surface area contributed by atoms with Crippen molar-refractivity contribution in [3.05, 3.63) is 41.6 Å². The quantitative estimate of drug-likeness (QED) is 0.818. The number of aromatic nitrogens is 2. The van der Waals surface area contributed by atoms with Gasteiger partial charge in [0.15, 0.2) is 5.69 Å². The number of aromatic carboxylic acids is 1. The van der Waals surface area contributed by atoms with Crippen LogP contribution in [0.15, 0.2) is 30.3 Å². The maximum Gasteiger partial charge on any atom is 0.354 e. The molecule has 0 aliphatic rings. The van der Waals surface area contributed by atoms with Gasteiger partial charge in [-0.05, 0) is 18.6 Å². The fourth-order valence-electron chi connectivity index (χ4n) is 1.57. The molecule has 0 unspecified atom stereocenters. The minimum absolute atomic E-state index is 0.0387. The number of nitrogens with two attached hydrogens (primary N) is 1. The summed E-state index contributed by atoms with van der Waals surface area (Å²) >= 11 is 0. The summed E-state index contributed by atoms with van der Waals surface area (Å²) in [6, 6.07) is 8.97. The molecular formula is C12H11N3O2. The monoisotopic (exact) mass is 229 g/mol. The lowest BCUT2D eigenvalue weighted by Gasteiger charge is -2.06. The zero-order valence-corrected chi connectivity index (χ0v) is 9.21. The second-order valence-corrected chi connectivity index (χ2v) is 3.62. The molecule has 0 saturated heterocycles. The second-order valence-electron chi connectivity index (χ2n) is 3.62. The number of nitrogen functional groups attached to an aromatic ring is 1. The maximum atomic E-state index is 10.9. The smallest absolute Gasteiger partial charge is 0.354 e. The average Bonchev–Trinajstić information content (AvgIpc) is 2.28. The number of hydrogen-bond donors (Lipinski definition) is 2. The zero-order chi connectivity index (χ0) is 12.4. The summed E-state index contributed by atoms with van der Waals surface area (Å²) in [6.07, 6.45) is 0. The molecule has 0 atom stereocenters. The highest BCUT2D eigenvalue weighted by Crippen LogP contribution is 2.22. The van der Waals surface area contributed by atoms with Crippen LogP contribution in [0.25, 0.3) is 11.3 Å². The summed E-state index contributed by atoms with van der Waals surface area (Å²) in [5, 5.41) is 8.90. The Kier molecular flexibility index (Phi) is 2.74. The van der Waals surface area contributed by atoms with Gasteiger partial charge in [-0.2, -0.15) is 0 Å². The lowest BCUT2D eigenvalue weighted by Crippen LogP contribution is -2.06. The predicted molar refractivity (Wildman–Crippen MR) is 63.6 cm³/mol. The Morgan fingerprint density at radius 1 is 1.29 bits per heavy atom. The van der Waals surface area contributed by atoms with E-state index in [1.165, 1.54) is 6.07 Å². The van der Waals surface area contributed by atoms with Crippen molar-refractivity contribution in [2.45, 2.75) is 6.92 Å². The van der Waals surface area contributed by atoms with Gasteiger partial charge in [0.2, 0.25) is 5.95 Å². The predicted octanol–water partition coefficient (Wildman–Crippen LogP) is 1.73. The number of rotatable bonds is 2. The average molecular weight is 229 g/mol. The standard InChI is InChI=1S/C12H11N3O2/c1-7-4-2-3-5-8(7)9-6-10(11(16)17)15-12(13)14-9/h2-6H,1H3,(H,16,17)(H2,13,14,15). The van der Waals surface area contributed by atoms with Crippen LogP contribution in [0.1, 0.15) is 16.1 Å².